The predicted octanol–water partition coefficient (Wildman–Crippen LogP) is -2.14. The van der Waals surface area contributed by atoms with Crippen molar-refractivity contribution < 1.29 is 24.9 Å². The normalized spacial score (nSPS) is 15.5. The number of aldehydes is 1. The Balaban J connectivity index is 3.76. The maximum Gasteiger partial charge on any atom is 0.223 e. The Labute approximate surface area is 63.3 Å². The number of hydrogen-bond acceptors (Lipinski definition) is 5. The van der Waals surface area contributed by atoms with E-state index in [0.717, 1.165) is 0 Å². The molecule has 0 rings (SSSR count). The van der Waals surface area contributed by atoms with Crippen molar-refractivity contribution in [3.05, 3.63) is 0 Å². The summed E-state index contributed by atoms with van der Waals surface area (Å²) in [4.78, 5) is 20.1. The number of carbonyl (C=O) groups excluding carboxylic acids is 2. The smallest absolute Gasteiger partial charge is 0.223 e. The van der Waals surface area contributed by atoms with Gasteiger partial charge in [0, 0.05) is 6.42 Å². The molecule has 0 heterocycles. The summed E-state index contributed by atoms with van der Waals surface area (Å²) in [7, 11) is 0. The number of Topliss-reactive ketones (excluding diaryl/α,β-unsaturated/α-hetero) is 1. The van der Waals surface area contributed by atoms with E-state index in [1.807, 2.05) is 0 Å². The van der Waals surface area contributed by atoms with Gasteiger partial charge in [-0.25, -0.2) is 0 Å². The van der Waals surface area contributed by atoms with Crippen LogP contribution in [0, 0.1) is 0 Å². The number of rotatable bonds is 5. The van der Waals surface area contributed by atoms with Crippen LogP contribution in [-0.2, 0) is 9.59 Å². The van der Waals surface area contributed by atoms with Gasteiger partial charge in [-0.3, -0.25) is 9.59 Å². The number of ketones is 1. The third-order valence-corrected chi connectivity index (χ3v) is 1.15. The molecule has 0 unspecified atom stereocenters. The molecule has 0 radical (unpaired) electrons. The third-order valence-electron chi connectivity index (χ3n) is 1.15. The molecule has 5 heteroatoms. The van der Waals surface area contributed by atoms with Crippen molar-refractivity contribution >= 4 is 12.1 Å². The van der Waals surface area contributed by atoms with Crippen molar-refractivity contribution in [1.29, 1.82) is 0 Å². The van der Waals surface area contributed by atoms with Crippen LogP contribution < -0.4 is 0 Å². The van der Waals surface area contributed by atoms with Crippen molar-refractivity contribution in [2.24, 2.45) is 0 Å². The second-order valence-electron chi connectivity index (χ2n) is 2.11. The van der Waals surface area contributed by atoms with E-state index >= 15 is 0 Å². The summed E-state index contributed by atoms with van der Waals surface area (Å²) in [5.41, 5.74) is 0. The van der Waals surface area contributed by atoms with Gasteiger partial charge in [0.25, 0.3) is 0 Å². The Hall–Kier alpha value is -0.780. The van der Waals surface area contributed by atoms with Gasteiger partial charge in [-0.05, 0) is 0 Å². The molecule has 0 aromatic rings. The van der Waals surface area contributed by atoms with Gasteiger partial charge in [0.2, 0.25) is 5.78 Å². The zero-order valence-electron chi connectivity index (χ0n) is 5.80. The highest BCUT2D eigenvalue weighted by Crippen LogP contribution is 1.97. The lowest BCUT2D eigenvalue weighted by molar-refractivity contribution is -0.136. The lowest BCUT2D eigenvalue weighted by Gasteiger charge is -2.09. The highest BCUT2D eigenvalue weighted by atomic mass is 16.3. The fourth-order valence-corrected chi connectivity index (χ4v) is 0.527. The van der Waals surface area contributed by atoms with Crippen LogP contribution in [0.4, 0.5) is 0 Å². The minimum Gasteiger partial charge on any atom is -0.394 e. The van der Waals surface area contributed by atoms with Gasteiger partial charge in [-0.15, -0.1) is 0 Å². The summed E-state index contributed by atoms with van der Waals surface area (Å²) in [6, 6.07) is 0. The molecule has 0 aliphatic heterocycles. The highest BCUT2D eigenvalue weighted by molar-refractivity contribution is 6.26. The highest BCUT2D eigenvalue weighted by Gasteiger charge is 2.17. The van der Waals surface area contributed by atoms with Crippen molar-refractivity contribution in [3.8, 4) is 0 Å². The van der Waals surface area contributed by atoms with Crippen LogP contribution in [0.3, 0.4) is 0 Å². The fourth-order valence-electron chi connectivity index (χ4n) is 0.527. The van der Waals surface area contributed by atoms with Crippen LogP contribution in [0.15, 0.2) is 0 Å². The first-order valence-electron chi connectivity index (χ1n) is 3.07. The van der Waals surface area contributed by atoms with Gasteiger partial charge in [0.1, 0.15) is 6.10 Å². The Morgan fingerprint density at radius 2 is 2.00 bits per heavy atom. The minimum absolute atomic E-state index is 0.0191. The average Bonchev–Trinajstić information content (AvgIpc) is 2.02. The van der Waals surface area contributed by atoms with Gasteiger partial charge in [0.05, 0.1) is 12.7 Å². The standard InChI is InChI=1S/C6H10O5/c7-2-4(9)1-5(10)6(11)3-8/h3-5,7,9-10H,1-2H2/t4-,5+/m1/s1. The molecule has 5 nitrogen and oxygen atoms in total. The van der Waals surface area contributed by atoms with Gasteiger partial charge in [-0.1, -0.05) is 0 Å². The van der Waals surface area contributed by atoms with Crippen LogP contribution in [0.1, 0.15) is 6.42 Å². The molecule has 0 aliphatic carbocycles. The molecule has 2 atom stereocenters. The van der Waals surface area contributed by atoms with E-state index in [1.165, 1.54) is 0 Å². The summed E-state index contributed by atoms with van der Waals surface area (Å²) in [6.07, 6.45) is -2.99. The van der Waals surface area contributed by atoms with Gasteiger partial charge >= 0.3 is 0 Å². The molecule has 0 bridgehead atoms. The SMILES string of the molecule is O=CC(=O)[C@@H](O)C[C@@H](O)CO. The van der Waals surface area contributed by atoms with Crippen LogP contribution in [0.2, 0.25) is 0 Å². The quantitative estimate of drug-likeness (QED) is 0.317. The molecule has 0 saturated heterocycles. The minimum atomic E-state index is -1.50. The molecule has 0 spiro atoms. The van der Waals surface area contributed by atoms with Gasteiger partial charge in [-0.2, -0.15) is 0 Å². The Morgan fingerprint density at radius 1 is 1.45 bits per heavy atom. The molecule has 3 N–H and O–H groups in total. The monoisotopic (exact) mass is 162 g/mol. The van der Waals surface area contributed by atoms with Crippen molar-refractivity contribution in [2.45, 2.75) is 18.6 Å². The zero-order chi connectivity index (χ0) is 8.85. The first kappa shape index (κ1) is 10.2. The van der Waals surface area contributed by atoms with E-state index in [9.17, 15) is 9.59 Å². The van der Waals surface area contributed by atoms with Crippen molar-refractivity contribution in [2.75, 3.05) is 6.61 Å². The number of hydrogen-bond donors (Lipinski definition) is 3. The van der Waals surface area contributed by atoms with E-state index in [0.29, 0.717) is 0 Å². The molecular weight excluding hydrogens is 152 g/mol. The molecule has 0 aromatic heterocycles. The summed E-state index contributed by atoms with van der Waals surface area (Å²) in [5, 5.41) is 25.7. The Bertz CT molecular complexity index is 144. The molecule has 0 amide bonds. The summed E-state index contributed by atoms with van der Waals surface area (Å²) in [5.74, 6) is -0.988. The molecule has 64 valence electrons. The first-order valence-corrected chi connectivity index (χ1v) is 3.07. The molecule has 0 aromatic carbocycles. The zero-order valence-corrected chi connectivity index (χ0v) is 5.80. The Kier molecular flexibility index (Phi) is 4.60. The summed E-state index contributed by atoms with van der Waals surface area (Å²) >= 11 is 0. The lowest BCUT2D eigenvalue weighted by Crippen LogP contribution is -2.28. The van der Waals surface area contributed by atoms with E-state index in [2.05, 4.69) is 0 Å². The first-order chi connectivity index (χ1) is 5.11. The number of aliphatic hydroxyl groups is 3. The summed E-state index contributed by atoms with van der Waals surface area (Å²) < 4.78 is 0. The van der Waals surface area contributed by atoms with E-state index < -0.39 is 24.6 Å². The predicted molar refractivity (Wildman–Crippen MR) is 34.8 cm³/mol. The van der Waals surface area contributed by atoms with Crippen LogP contribution in [0.5, 0.6) is 0 Å². The maximum atomic E-state index is 10.4. The topological polar surface area (TPSA) is 94.8 Å². The molecular formula is C6H10O5. The number of aliphatic hydroxyl groups excluding tert-OH is 3. The summed E-state index contributed by atoms with van der Waals surface area (Å²) in [6.45, 7) is -0.538. The molecule has 0 aliphatic rings. The average molecular weight is 162 g/mol. The maximum absolute atomic E-state index is 10.4. The van der Waals surface area contributed by atoms with E-state index in [-0.39, 0.29) is 12.7 Å². The second-order valence-corrected chi connectivity index (χ2v) is 2.11. The Morgan fingerprint density at radius 3 is 2.36 bits per heavy atom. The second kappa shape index (κ2) is 4.95. The third kappa shape index (κ3) is 3.82. The molecule has 0 saturated carbocycles. The fraction of sp³-hybridized carbons (Fsp3) is 0.667. The van der Waals surface area contributed by atoms with Crippen LogP contribution in [-0.4, -0.2) is 46.2 Å². The van der Waals surface area contributed by atoms with Crippen molar-refractivity contribution in [3.63, 3.8) is 0 Å². The van der Waals surface area contributed by atoms with Gasteiger partial charge < -0.3 is 15.3 Å². The van der Waals surface area contributed by atoms with E-state index in [4.69, 9.17) is 15.3 Å². The van der Waals surface area contributed by atoms with Crippen molar-refractivity contribution in [1.82, 2.24) is 0 Å². The van der Waals surface area contributed by atoms with E-state index in [1.54, 1.807) is 0 Å². The van der Waals surface area contributed by atoms with Crippen LogP contribution >= 0.6 is 0 Å². The van der Waals surface area contributed by atoms with Gasteiger partial charge in [0.15, 0.2) is 6.29 Å². The molecule has 0 fully saturated rings. The largest absolute Gasteiger partial charge is 0.394 e. The molecule has 11 heavy (non-hydrogen) atoms. The lowest BCUT2D eigenvalue weighted by atomic mass is 10.1. The number of carbonyl (C=O) groups is 2. The van der Waals surface area contributed by atoms with Crippen LogP contribution in [0.25, 0.3) is 0 Å².